The number of nitrogens with zero attached hydrogens (tertiary/aromatic N) is 1. The molecule has 166 valence electrons. The van der Waals surface area contributed by atoms with Gasteiger partial charge in [0, 0.05) is 19.6 Å². The van der Waals surface area contributed by atoms with Gasteiger partial charge in [-0.25, -0.2) is 9.79 Å². The Labute approximate surface area is 187 Å². The Hall–Kier alpha value is -1.26. The van der Waals surface area contributed by atoms with Crippen LogP contribution in [0.4, 0.5) is 4.79 Å². The number of halogens is 1. The van der Waals surface area contributed by atoms with E-state index < -0.39 is 17.2 Å². The van der Waals surface area contributed by atoms with Gasteiger partial charge in [0.25, 0.3) is 0 Å². The average molecular weight is 513 g/mol. The number of ether oxygens (including phenoxy) is 1. The Morgan fingerprint density at radius 3 is 2.04 bits per heavy atom. The number of nitrogens with one attached hydrogen (secondary N) is 4. The molecule has 0 spiro atoms. The first-order valence-corrected chi connectivity index (χ1v) is 9.91. The van der Waals surface area contributed by atoms with Gasteiger partial charge in [-0.1, -0.05) is 20.8 Å². The first kappa shape index (κ1) is 28.9. The quantitative estimate of drug-likeness (QED) is 0.204. The van der Waals surface area contributed by atoms with E-state index in [4.69, 9.17) is 4.74 Å². The predicted molar refractivity (Wildman–Crippen MR) is 125 cm³/mol. The zero-order chi connectivity index (χ0) is 20.9. The molecule has 0 aliphatic rings. The van der Waals surface area contributed by atoms with Crippen LogP contribution in [0.2, 0.25) is 0 Å². The Balaban J connectivity index is 0. The number of hydrogen-bond acceptors (Lipinski definition) is 4. The second-order valence-corrected chi connectivity index (χ2v) is 7.51. The standard InChI is InChI=1S/C19H39N5O3.HI/c1-8-12-21-15(25)13-22-16(20-11-4)23-14-19(9-2,10-3)24-17(26)27-18(5,6)7;/h8-14H2,1-7H3,(H,21,25)(H,24,26)(H2,20,22,23);1H. The summed E-state index contributed by atoms with van der Waals surface area (Å²) in [6.45, 7) is 15.4. The van der Waals surface area contributed by atoms with Crippen LogP contribution in [0.3, 0.4) is 0 Å². The maximum atomic E-state index is 12.2. The number of guanidine groups is 1. The van der Waals surface area contributed by atoms with Crippen molar-refractivity contribution in [2.45, 2.75) is 78.9 Å². The average Bonchev–Trinajstić information content (AvgIpc) is 2.59. The number of carbonyl (C=O) groups is 2. The molecule has 0 bridgehead atoms. The fourth-order valence-corrected chi connectivity index (χ4v) is 2.31. The van der Waals surface area contributed by atoms with Gasteiger partial charge in [0.1, 0.15) is 12.1 Å². The van der Waals surface area contributed by atoms with Crippen LogP contribution < -0.4 is 21.3 Å². The minimum atomic E-state index is -0.549. The third-order valence-electron chi connectivity index (χ3n) is 4.01. The molecule has 0 aromatic carbocycles. The summed E-state index contributed by atoms with van der Waals surface area (Å²) in [4.78, 5) is 28.3. The molecule has 2 amide bonds. The molecule has 8 nitrogen and oxygen atoms in total. The zero-order valence-corrected chi connectivity index (χ0v) is 20.9. The lowest BCUT2D eigenvalue weighted by Gasteiger charge is -2.34. The van der Waals surface area contributed by atoms with E-state index >= 15 is 0 Å². The number of alkyl carbamates (subject to hydrolysis) is 1. The van der Waals surface area contributed by atoms with Crippen LogP contribution in [0.25, 0.3) is 0 Å². The number of rotatable bonds is 10. The van der Waals surface area contributed by atoms with E-state index in [-0.39, 0.29) is 36.4 Å². The monoisotopic (exact) mass is 513 g/mol. The summed E-state index contributed by atoms with van der Waals surface area (Å²) >= 11 is 0. The molecule has 4 N–H and O–H groups in total. The molecule has 0 rings (SSSR count). The van der Waals surface area contributed by atoms with Crippen molar-refractivity contribution in [3.05, 3.63) is 0 Å². The first-order valence-electron chi connectivity index (χ1n) is 9.91. The highest BCUT2D eigenvalue weighted by Crippen LogP contribution is 2.16. The number of amides is 2. The Bertz CT molecular complexity index is 488. The highest BCUT2D eigenvalue weighted by atomic mass is 127. The topological polar surface area (TPSA) is 104 Å². The van der Waals surface area contributed by atoms with Crippen LogP contribution in [0, 0.1) is 0 Å². The van der Waals surface area contributed by atoms with Crippen LogP contribution in [-0.4, -0.2) is 55.3 Å². The minimum absolute atomic E-state index is 0. The van der Waals surface area contributed by atoms with Gasteiger partial charge in [-0.15, -0.1) is 24.0 Å². The van der Waals surface area contributed by atoms with Gasteiger partial charge in [0.05, 0.1) is 5.54 Å². The summed E-state index contributed by atoms with van der Waals surface area (Å²) in [5, 5.41) is 12.1. The molecular formula is C19H40IN5O3. The van der Waals surface area contributed by atoms with Crippen LogP contribution >= 0.6 is 24.0 Å². The van der Waals surface area contributed by atoms with E-state index in [1.54, 1.807) is 0 Å². The van der Waals surface area contributed by atoms with Gasteiger partial charge in [-0.2, -0.15) is 0 Å². The highest BCUT2D eigenvalue weighted by Gasteiger charge is 2.30. The van der Waals surface area contributed by atoms with Crippen LogP contribution in [0.5, 0.6) is 0 Å². The summed E-state index contributed by atoms with van der Waals surface area (Å²) in [7, 11) is 0. The Morgan fingerprint density at radius 2 is 1.57 bits per heavy atom. The molecule has 0 unspecified atom stereocenters. The molecule has 0 radical (unpaired) electrons. The van der Waals surface area contributed by atoms with E-state index in [0.717, 1.165) is 19.3 Å². The van der Waals surface area contributed by atoms with E-state index in [2.05, 4.69) is 26.3 Å². The second-order valence-electron chi connectivity index (χ2n) is 7.51. The molecule has 0 fully saturated rings. The van der Waals surface area contributed by atoms with E-state index in [1.165, 1.54) is 0 Å². The molecule has 0 aliphatic heterocycles. The number of aliphatic imine (C=N–C) groups is 1. The van der Waals surface area contributed by atoms with E-state index in [1.807, 2.05) is 48.5 Å². The van der Waals surface area contributed by atoms with Crippen molar-refractivity contribution in [3.63, 3.8) is 0 Å². The lowest BCUT2D eigenvalue weighted by molar-refractivity contribution is -0.119. The van der Waals surface area contributed by atoms with Crippen molar-refractivity contribution in [2.75, 3.05) is 26.2 Å². The van der Waals surface area contributed by atoms with Crippen molar-refractivity contribution >= 4 is 41.9 Å². The van der Waals surface area contributed by atoms with Crippen molar-refractivity contribution in [1.82, 2.24) is 21.3 Å². The van der Waals surface area contributed by atoms with Crippen molar-refractivity contribution in [2.24, 2.45) is 4.99 Å². The maximum Gasteiger partial charge on any atom is 0.408 e. The lowest BCUT2D eigenvalue weighted by atomic mass is 9.93. The van der Waals surface area contributed by atoms with E-state index in [9.17, 15) is 9.59 Å². The molecule has 0 saturated heterocycles. The molecule has 0 saturated carbocycles. The third kappa shape index (κ3) is 13.0. The Kier molecular flexibility index (Phi) is 15.2. The molecule has 0 aromatic heterocycles. The SMILES string of the molecule is CCCNC(=O)CN=C(NCC)NCC(CC)(CC)NC(=O)OC(C)(C)C.I. The normalized spacial score (nSPS) is 11.9. The highest BCUT2D eigenvalue weighted by molar-refractivity contribution is 14.0. The molecule has 0 aliphatic carbocycles. The molecule has 28 heavy (non-hydrogen) atoms. The van der Waals surface area contributed by atoms with Gasteiger partial charge in [0.15, 0.2) is 5.96 Å². The maximum absolute atomic E-state index is 12.2. The van der Waals surface area contributed by atoms with Crippen LogP contribution in [-0.2, 0) is 9.53 Å². The smallest absolute Gasteiger partial charge is 0.408 e. The zero-order valence-electron chi connectivity index (χ0n) is 18.5. The van der Waals surface area contributed by atoms with Gasteiger partial charge in [-0.05, 0) is 47.0 Å². The van der Waals surface area contributed by atoms with Gasteiger partial charge in [0.2, 0.25) is 5.91 Å². The number of carbonyl (C=O) groups excluding carboxylic acids is 2. The molecule has 0 aromatic rings. The fourth-order valence-electron chi connectivity index (χ4n) is 2.31. The predicted octanol–water partition coefficient (Wildman–Crippen LogP) is 2.77. The summed E-state index contributed by atoms with van der Waals surface area (Å²) in [5.41, 5.74) is -1.02. The van der Waals surface area contributed by atoms with Crippen molar-refractivity contribution in [1.29, 1.82) is 0 Å². The number of hydrogen-bond donors (Lipinski definition) is 4. The van der Waals surface area contributed by atoms with Crippen LogP contribution in [0.1, 0.15) is 67.7 Å². The largest absolute Gasteiger partial charge is 0.444 e. The van der Waals surface area contributed by atoms with Crippen molar-refractivity contribution < 1.29 is 14.3 Å². The Morgan fingerprint density at radius 1 is 0.964 bits per heavy atom. The van der Waals surface area contributed by atoms with Gasteiger partial charge >= 0.3 is 6.09 Å². The van der Waals surface area contributed by atoms with E-state index in [0.29, 0.717) is 25.6 Å². The third-order valence-corrected chi connectivity index (χ3v) is 4.01. The minimum Gasteiger partial charge on any atom is -0.444 e. The van der Waals surface area contributed by atoms with Gasteiger partial charge < -0.3 is 26.0 Å². The van der Waals surface area contributed by atoms with Crippen molar-refractivity contribution in [3.8, 4) is 0 Å². The lowest BCUT2D eigenvalue weighted by Crippen LogP contribution is -2.57. The molecule has 9 heteroatoms. The van der Waals surface area contributed by atoms with Gasteiger partial charge in [-0.3, -0.25) is 4.79 Å². The first-order chi connectivity index (χ1) is 12.6. The van der Waals surface area contributed by atoms with Crippen LogP contribution in [0.15, 0.2) is 4.99 Å². The summed E-state index contributed by atoms with van der Waals surface area (Å²) in [6, 6.07) is 0. The summed E-state index contributed by atoms with van der Waals surface area (Å²) in [5.74, 6) is 0.430. The summed E-state index contributed by atoms with van der Waals surface area (Å²) in [6.07, 6.45) is 1.91. The molecular weight excluding hydrogens is 473 g/mol. The molecule has 0 atom stereocenters. The fraction of sp³-hybridized carbons (Fsp3) is 0.842. The second kappa shape index (κ2) is 14.7. The molecule has 0 heterocycles. The summed E-state index contributed by atoms with van der Waals surface area (Å²) < 4.78 is 5.39.